The van der Waals surface area contributed by atoms with Crippen LogP contribution in [0.5, 0.6) is 0 Å². The predicted molar refractivity (Wildman–Crippen MR) is 69.4 cm³/mol. The molecule has 0 saturated carbocycles. The first kappa shape index (κ1) is 13.2. The molecule has 1 unspecified atom stereocenters. The highest BCUT2D eigenvalue weighted by Crippen LogP contribution is 2.21. The van der Waals surface area contributed by atoms with Gasteiger partial charge in [0.05, 0.1) is 6.54 Å². The summed E-state index contributed by atoms with van der Waals surface area (Å²) in [6, 6.07) is 0.398. The van der Waals surface area contributed by atoms with E-state index < -0.39 is 0 Å². The lowest BCUT2D eigenvalue weighted by molar-refractivity contribution is 0.100. The average Bonchev–Trinajstić information content (AvgIpc) is 3.12. The maximum absolute atomic E-state index is 9.13. The SMILES string of the molecule is OCCC1CCCCN1Cc1nc(-c2ncn[nH]2)no1. The van der Waals surface area contributed by atoms with Gasteiger partial charge in [0.25, 0.3) is 0 Å². The zero-order valence-corrected chi connectivity index (χ0v) is 11.2. The molecule has 1 atom stereocenters. The molecule has 0 amide bonds. The predicted octanol–water partition coefficient (Wildman–Crippen LogP) is 0.592. The van der Waals surface area contributed by atoms with Crippen LogP contribution in [0.1, 0.15) is 31.6 Å². The van der Waals surface area contributed by atoms with Crippen molar-refractivity contribution in [2.75, 3.05) is 13.2 Å². The topological polar surface area (TPSA) is 104 Å². The van der Waals surface area contributed by atoms with E-state index in [-0.39, 0.29) is 6.61 Å². The minimum Gasteiger partial charge on any atom is -0.396 e. The number of rotatable bonds is 5. The van der Waals surface area contributed by atoms with E-state index in [9.17, 15) is 0 Å². The second-order valence-corrected chi connectivity index (χ2v) is 4.98. The lowest BCUT2D eigenvalue weighted by Gasteiger charge is -2.34. The highest BCUT2D eigenvalue weighted by atomic mass is 16.5. The molecule has 2 aromatic heterocycles. The summed E-state index contributed by atoms with van der Waals surface area (Å²) < 4.78 is 5.26. The number of hydrogen-bond acceptors (Lipinski definition) is 7. The van der Waals surface area contributed by atoms with Gasteiger partial charge in [-0.05, 0) is 25.8 Å². The standard InChI is InChI=1S/C12H18N6O2/c19-6-4-9-3-1-2-5-18(9)7-10-15-12(17-20-10)11-13-8-14-16-11/h8-9,19H,1-7H2,(H,13,14,16). The number of piperidine rings is 1. The van der Waals surface area contributed by atoms with Gasteiger partial charge in [-0.25, -0.2) is 4.98 Å². The third kappa shape index (κ3) is 2.86. The third-order valence-corrected chi connectivity index (χ3v) is 3.64. The summed E-state index contributed by atoms with van der Waals surface area (Å²) in [7, 11) is 0. The Hall–Kier alpha value is -1.80. The van der Waals surface area contributed by atoms with Crippen molar-refractivity contribution >= 4 is 0 Å². The van der Waals surface area contributed by atoms with Crippen molar-refractivity contribution in [3.8, 4) is 11.6 Å². The molecule has 0 bridgehead atoms. The quantitative estimate of drug-likeness (QED) is 0.824. The molecular formula is C12H18N6O2. The molecule has 0 aliphatic carbocycles. The normalized spacial score (nSPS) is 20.4. The Kier molecular flexibility index (Phi) is 4.03. The van der Waals surface area contributed by atoms with Crippen molar-refractivity contribution in [3.63, 3.8) is 0 Å². The molecule has 3 heterocycles. The lowest BCUT2D eigenvalue weighted by atomic mass is 10.00. The van der Waals surface area contributed by atoms with Gasteiger partial charge in [-0.15, -0.1) is 0 Å². The van der Waals surface area contributed by atoms with E-state index in [1.807, 2.05) is 0 Å². The molecule has 2 N–H and O–H groups in total. The van der Waals surface area contributed by atoms with Crippen LogP contribution in [0, 0.1) is 0 Å². The van der Waals surface area contributed by atoms with Gasteiger partial charge in [0.1, 0.15) is 6.33 Å². The molecule has 0 spiro atoms. The van der Waals surface area contributed by atoms with Crippen molar-refractivity contribution < 1.29 is 9.63 Å². The van der Waals surface area contributed by atoms with Crippen molar-refractivity contribution in [2.24, 2.45) is 0 Å². The van der Waals surface area contributed by atoms with Gasteiger partial charge in [0, 0.05) is 12.6 Å². The van der Waals surface area contributed by atoms with Gasteiger partial charge in [-0.1, -0.05) is 11.6 Å². The van der Waals surface area contributed by atoms with Crippen LogP contribution in [0.2, 0.25) is 0 Å². The van der Waals surface area contributed by atoms with Crippen LogP contribution in [0.25, 0.3) is 11.6 Å². The monoisotopic (exact) mass is 278 g/mol. The Balaban J connectivity index is 1.67. The van der Waals surface area contributed by atoms with Crippen LogP contribution in [-0.4, -0.2) is 54.5 Å². The van der Waals surface area contributed by atoms with E-state index in [1.54, 1.807) is 0 Å². The highest BCUT2D eigenvalue weighted by Gasteiger charge is 2.24. The largest absolute Gasteiger partial charge is 0.396 e. The number of nitrogens with zero attached hydrogens (tertiary/aromatic N) is 5. The summed E-state index contributed by atoms with van der Waals surface area (Å²) in [5, 5.41) is 19.5. The number of aliphatic hydroxyl groups is 1. The average molecular weight is 278 g/mol. The van der Waals surface area contributed by atoms with E-state index in [0.717, 1.165) is 19.4 Å². The van der Waals surface area contributed by atoms with Crippen LogP contribution < -0.4 is 0 Å². The minimum absolute atomic E-state index is 0.217. The third-order valence-electron chi connectivity index (χ3n) is 3.64. The van der Waals surface area contributed by atoms with Crippen LogP contribution in [0.15, 0.2) is 10.9 Å². The Morgan fingerprint density at radius 1 is 1.45 bits per heavy atom. The number of aromatic nitrogens is 5. The first-order valence-electron chi connectivity index (χ1n) is 6.90. The van der Waals surface area contributed by atoms with Gasteiger partial charge >= 0.3 is 0 Å². The number of aliphatic hydroxyl groups excluding tert-OH is 1. The Bertz CT molecular complexity index is 524. The first-order valence-corrected chi connectivity index (χ1v) is 6.90. The smallest absolute Gasteiger partial charge is 0.241 e. The van der Waals surface area contributed by atoms with Crippen LogP contribution >= 0.6 is 0 Å². The van der Waals surface area contributed by atoms with E-state index in [4.69, 9.17) is 9.63 Å². The Morgan fingerprint density at radius 2 is 2.40 bits per heavy atom. The number of H-pyrrole nitrogens is 1. The second-order valence-electron chi connectivity index (χ2n) is 4.98. The number of aromatic amines is 1. The number of likely N-dealkylation sites (tertiary alicyclic amines) is 1. The molecular weight excluding hydrogens is 260 g/mol. The summed E-state index contributed by atoms with van der Waals surface area (Å²) in [4.78, 5) is 10.6. The zero-order chi connectivity index (χ0) is 13.8. The van der Waals surface area contributed by atoms with Crippen LogP contribution in [-0.2, 0) is 6.54 Å². The van der Waals surface area contributed by atoms with Gasteiger partial charge in [0.15, 0.2) is 5.82 Å². The fraction of sp³-hybridized carbons (Fsp3) is 0.667. The summed E-state index contributed by atoms with van der Waals surface area (Å²) in [5.41, 5.74) is 0. The Labute approximate surface area is 116 Å². The second kappa shape index (κ2) is 6.10. The van der Waals surface area contributed by atoms with Gasteiger partial charge in [-0.3, -0.25) is 10.00 Å². The lowest BCUT2D eigenvalue weighted by Crippen LogP contribution is -2.39. The summed E-state index contributed by atoms with van der Waals surface area (Å²) in [5.74, 6) is 1.50. The molecule has 1 aliphatic heterocycles. The minimum atomic E-state index is 0.217. The molecule has 1 saturated heterocycles. The van der Waals surface area contributed by atoms with Crippen molar-refractivity contribution in [2.45, 2.75) is 38.3 Å². The molecule has 1 fully saturated rings. The van der Waals surface area contributed by atoms with Crippen molar-refractivity contribution in [1.29, 1.82) is 0 Å². The number of nitrogens with one attached hydrogen (secondary N) is 1. The molecule has 1 aliphatic rings. The van der Waals surface area contributed by atoms with Crippen LogP contribution in [0.3, 0.4) is 0 Å². The number of hydrogen-bond donors (Lipinski definition) is 2. The summed E-state index contributed by atoms with van der Waals surface area (Å²) >= 11 is 0. The molecule has 8 nitrogen and oxygen atoms in total. The maximum atomic E-state index is 9.13. The van der Waals surface area contributed by atoms with E-state index in [2.05, 4.69) is 30.2 Å². The van der Waals surface area contributed by atoms with E-state index in [0.29, 0.717) is 30.1 Å². The zero-order valence-electron chi connectivity index (χ0n) is 11.2. The van der Waals surface area contributed by atoms with Crippen molar-refractivity contribution in [1.82, 2.24) is 30.2 Å². The summed E-state index contributed by atoms with van der Waals surface area (Å²) in [6.45, 7) is 1.84. The molecule has 3 rings (SSSR count). The fourth-order valence-corrected chi connectivity index (χ4v) is 2.65. The molecule has 8 heteroatoms. The maximum Gasteiger partial charge on any atom is 0.241 e. The highest BCUT2D eigenvalue weighted by molar-refractivity contribution is 5.39. The molecule has 0 radical (unpaired) electrons. The van der Waals surface area contributed by atoms with Gasteiger partial charge in [0.2, 0.25) is 11.7 Å². The van der Waals surface area contributed by atoms with Gasteiger partial charge in [-0.2, -0.15) is 10.1 Å². The van der Waals surface area contributed by atoms with Gasteiger partial charge < -0.3 is 9.63 Å². The molecule has 20 heavy (non-hydrogen) atoms. The molecule has 108 valence electrons. The van der Waals surface area contributed by atoms with E-state index >= 15 is 0 Å². The van der Waals surface area contributed by atoms with E-state index in [1.165, 1.54) is 19.2 Å². The van der Waals surface area contributed by atoms with Crippen molar-refractivity contribution in [3.05, 3.63) is 12.2 Å². The molecule has 0 aromatic carbocycles. The summed E-state index contributed by atoms with van der Waals surface area (Å²) in [6.07, 6.45) is 5.71. The van der Waals surface area contributed by atoms with Crippen LogP contribution in [0.4, 0.5) is 0 Å². The first-order chi connectivity index (χ1) is 9.86. The molecule has 2 aromatic rings. The Morgan fingerprint density at radius 3 is 3.20 bits per heavy atom. The fourth-order valence-electron chi connectivity index (χ4n) is 2.65.